The van der Waals surface area contributed by atoms with E-state index in [1.807, 2.05) is 62.4 Å². The number of aromatic nitrogens is 2. The molecule has 2 heterocycles. The van der Waals surface area contributed by atoms with Crippen molar-refractivity contribution in [2.24, 2.45) is 0 Å². The van der Waals surface area contributed by atoms with E-state index in [9.17, 15) is 0 Å². The Morgan fingerprint density at radius 1 is 1.07 bits per heavy atom. The number of anilines is 2. The third-order valence-corrected chi connectivity index (χ3v) is 4.75. The van der Waals surface area contributed by atoms with Crippen LogP contribution in [0.15, 0.2) is 78.2 Å². The molecular formula is C23H24N4O. The Morgan fingerprint density at radius 2 is 1.86 bits per heavy atom. The van der Waals surface area contributed by atoms with E-state index >= 15 is 0 Å². The third kappa shape index (κ3) is 3.69. The highest BCUT2D eigenvalue weighted by Gasteiger charge is 2.22. The molecule has 1 N–H and O–H groups in total. The third-order valence-electron chi connectivity index (χ3n) is 4.75. The zero-order chi connectivity index (χ0) is 19.3. The Hall–Kier alpha value is -3.34. The highest BCUT2D eigenvalue weighted by Crippen LogP contribution is 2.28. The van der Waals surface area contributed by atoms with Gasteiger partial charge in [-0.05, 0) is 37.6 Å². The van der Waals surface area contributed by atoms with Gasteiger partial charge >= 0.3 is 0 Å². The van der Waals surface area contributed by atoms with Gasteiger partial charge in [0, 0.05) is 11.9 Å². The monoisotopic (exact) mass is 372 g/mol. The van der Waals surface area contributed by atoms with E-state index in [1.54, 1.807) is 0 Å². The second kappa shape index (κ2) is 8.13. The van der Waals surface area contributed by atoms with E-state index in [0.717, 1.165) is 28.2 Å². The van der Waals surface area contributed by atoms with Crippen LogP contribution in [-0.2, 0) is 11.3 Å². The molecule has 0 amide bonds. The quantitative estimate of drug-likeness (QED) is 0.691. The van der Waals surface area contributed by atoms with Crippen molar-refractivity contribution in [3.8, 4) is 0 Å². The summed E-state index contributed by atoms with van der Waals surface area (Å²) in [7, 11) is 0. The van der Waals surface area contributed by atoms with Crippen LogP contribution in [0, 0.1) is 0 Å². The van der Waals surface area contributed by atoms with E-state index in [0.29, 0.717) is 25.6 Å². The first kappa shape index (κ1) is 18.0. The summed E-state index contributed by atoms with van der Waals surface area (Å²) in [5, 5.41) is 4.52. The summed E-state index contributed by atoms with van der Waals surface area (Å²) in [5.74, 6) is 2.42. The van der Waals surface area contributed by atoms with Crippen LogP contribution in [0.1, 0.15) is 19.4 Å². The molecule has 1 aliphatic heterocycles. The summed E-state index contributed by atoms with van der Waals surface area (Å²) >= 11 is 0. The van der Waals surface area contributed by atoms with Gasteiger partial charge < -0.3 is 15.0 Å². The normalized spacial score (nSPS) is 14.6. The number of hydrogen-bond donors (Lipinski definition) is 1. The van der Waals surface area contributed by atoms with Crippen LogP contribution >= 0.6 is 0 Å². The van der Waals surface area contributed by atoms with Crippen molar-refractivity contribution in [2.45, 2.75) is 20.4 Å². The molecule has 0 atom stereocenters. The van der Waals surface area contributed by atoms with E-state index in [-0.39, 0.29) is 0 Å². The number of benzene rings is 2. The predicted octanol–water partition coefficient (Wildman–Crippen LogP) is 4.89. The highest BCUT2D eigenvalue weighted by atomic mass is 16.5. The molecule has 2 aromatic carbocycles. The van der Waals surface area contributed by atoms with Gasteiger partial charge in [0.1, 0.15) is 18.2 Å². The molecule has 0 radical (unpaired) electrons. The fourth-order valence-electron chi connectivity index (χ4n) is 3.35. The molecule has 0 saturated carbocycles. The molecule has 0 unspecified atom stereocenters. The van der Waals surface area contributed by atoms with Crippen molar-refractivity contribution in [3.63, 3.8) is 0 Å². The fraction of sp³-hybridized carbons (Fsp3) is 0.217. The van der Waals surface area contributed by atoms with Crippen molar-refractivity contribution in [2.75, 3.05) is 23.4 Å². The Bertz CT molecular complexity index is 1030. The number of hydrogen-bond acceptors (Lipinski definition) is 5. The van der Waals surface area contributed by atoms with Crippen LogP contribution in [0.3, 0.4) is 0 Å². The molecule has 0 fully saturated rings. The maximum atomic E-state index is 5.73. The molecule has 1 aromatic heterocycles. The maximum Gasteiger partial charge on any atom is 0.232 e. The molecule has 5 heteroatoms. The van der Waals surface area contributed by atoms with E-state index < -0.39 is 0 Å². The molecule has 0 spiro atoms. The van der Waals surface area contributed by atoms with Crippen LogP contribution in [-0.4, -0.2) is 23.1 Å². The Labute approximate surface area is 165 Å². The number of allylic oxidation sites excluding steroid dienone is 3. The second-order valence-corrected chi connectivity index (χ2v) is 6.67. The van der Waals surface area contributed by atoms with Gasteiger partial charge in [-0.3, -0.25) is 0 Å². The molecule has 1 aliphatic rings. The maximum absolute atomic E-state index is 5.73. The summed E-state index contributed by atoms with van der Waals surface area (Å²) in [4.78, 5) is 11.8. The minimum absolute atomic E-state index is 0.621. The SMILES string of the molecule is C/C=C\C1=C(C)OCCN1c1nc(NCc2ccccc2)c2ccccc2n1. The smallest absolute Gasteiger partial charge is 0.232 e. The fourth-order valence-corrected chi connectivity index (χ4v) is 3.35. The van der Waals surface area contributed by atoms with Gasteiger partial charge in [-0.25, -0.2) is 4.98 Å². The van der Waals surface area contributed by atoms with Crippen LogP contribution < -0.4 is 10.2 Å². The standard InChI is InChI=1S/C23H24N4O/c1-3-9-21-17(2)28-15-14-27(21)23-25-20-13-8-7-12-19(20)22(26-23)24-16-18-10-5-4-6-11-18/h3-13H,14-16H2,1-2H3,(H,24,25,26)/b9-3-. The van der Waals surface area contributed by atoms with Gasteiger partial charge in [-0.15, -0.1) is 0 Å². The zero-order valence-corrected chi connectivity index (χ0v) is 16.2. The lowest BCUT2D eigenvalue weighted by Gasteiger charge is -2.30. The average molecular weight is 372 g/mol. The summed E-state index contributed by atoms with van der Waals surface area (Å²) < 4.78 is 5.73. The van der Waals surface area contributed by atoms with Crippen molar-refractivity contribution in [1.82, 2.24) is 9.97 Å². The molecule has 0 aliphatic carbocycles. The van der Waals surface area contributed by atoms with Gasteiger partial charge in [0.15, 0.2) is 0 Å². The van der Waals surface area contributed by atoms with Crippen molar-refractivity contribution in [1.29, 1.82) is 0 Å². The lowest BCUT2D eigenvalue weighted by molar-refractivity contribution is 0.204. The van der Waals surface area contributed by atoms with E-state index in [2.05, 4.69) is 28.4 Å². The topological polar surface area (TPSA) is 50.3 Å². The van der Waals surface area contributed by atoms with Gasteiger partial charge in [-0.1, -0.05) is 48.5 Å². The van der Waals surface area contributed by atoms with Crippen molar-refractivity contribution >= 4 is 22.7 Å². The van der Waals surface area contributed by atoms with Gasteiger partial charge in [-0.2, -0.15) is 4.98 Å². The molecule has 0 bridgehead atoms. The molecular weight excluding hydrogens is 348 g/mol. The van der Waals surface area contributed by atoms with Crippen LogP contribution in [0.2, 0.25) is 0 Å². The Balaban J connectivity index is 1.74. The number of nitrogens with zero attached hydrogens (tertiary/aromatic N) is 3. The van der Waals surface area contributed by atoms with Gasteiger partial charge in [0.05, 0.1) is 17.8 Å². The average Bonchev–Trinajstić information content (AvgIpc) is 2.74. The molecule has 4 rings (SSSR count). The summed E-state index contributed by atoms with van der Waals surface area (Å²) in [6.07, 6.45) is 4.06. The number of para-hydroxylation sites is 1. The first-order chi connectivity index (χ1) is 13.8. The molecule has 0 saturated heterocycles. The lowest BCUT2D eigenvalue weighted by Crippen LogP contribution is -2.33. The molecule has 142 valence electrons. The molecule has 5 nitrogen and oxygen atoms in total. The van der Waals surface area contributed by atoms with Crippen molar-refractivity contribution in [3.05, 3.63) is 83.8 Å². The number of fused-ring (bicyclic) bond motifs is 1. The summed E-state index contributed by atoms with van der Waals surface area (Å²) in [5.41, 5.74) is 3.13. The minimum Gasteiger partial charge on any atom is -0.494 e. The Morgan fingerprint density at radius 3 is 2.68 bits per heavy atom. The van der Waals surface area contributed by atoms with Crippen LogP contribution in [0.4, 0.5) is 11.8 Å². The molecule has 3 aromatic rings. The van der Waals surface area contributed by atoms with E-state index in [4.69, 9.17) is 14.7 Å². The van der Waals surface area contributed by atoms with Crippen molar-refractivity contribution < 1.29 is 4.74 Å². The van der Waals surface area contributed by atoms with Crippen LogP contribution in [0.5, 0.6) is 0 Å². The zero-order valence-electron chi connectivity index (χ0n) is 16.2. The number of rotatable bonds is 5. The van der Waals surface area contributed by atoms with Gasteiger partial charge in [0.25, 0.3) is 0 Å². The molecule has 28 heavy (non-hydrogen) atoms. The second-order valence-electron chi connectivity index (χ2n) is 6.67. The number of ether oxygens (including phenoxy) is 1. The Kier molecular flexibility index (Phi) is 5.24. The predicted molar refractivity (Wildman–Crippen MR) is 114 cm³/mol. The first-order valence-electron chi connectivity index (χ1n) is 9.55. The van der Waals surface area contributed by atoms with Gasteiger partial charge in [0.2, 0.25) is 5.95 Å². The summed E-state index contributed by atoms with van der Waals surface area (Å²) in [6.45, 7) is 6.03. The van der Waals surface area contributed by atoms with Crippen LogP contribution in [0.25, 0.3) is 10.9 Å². The lowest BCUT2D eigenvalue weighted by atomic mass is 10.2. The summed E-state index contributed by atoms with van der Waals surface area (Å²) in [6, 6.07) is 18.4. The largest absolute Gasteiger partial charge is 0.494 e. The highest BCUT2D eigenvalue weighted by molar-refractivity contribution is 5.90. The first-order valence-corrected chi connectivity index (χ1v) is 9.55. The van der Waals surface area contributed by atoms with E-state index in [1.165, 1.54) is 5.56 Å². The minimum atomic E-state index is 0.621. The number of nitrogens with one attached hydrogen (secondary N) is 1.